The zero-order chi connectivity index (χ0) is 18.6. The van der Waals surface area contributed by atoms with Crippen molar-refractivity contribution in [1.29, 1.82) is 0 Å². The molecular weight excluding hydrogens is 331 g/mol. The number of hydrogen-bond acceptors (Lipinski definition) is 0. The Hall–Kier alpha value is -2.15. The van der Waals surface area contributed by atoms with Gasteiger partial charge in [-0.15, -0.1) is 0 Å². The molecule has 0 N–H and O–H groups in total. The fourth-order valence-corrected chi connectivity index (χ4v) is 4.64. The van der Waals surface area contributed by atoms with Gasteiger partial charge in [0.2, 0.25) is 0 Å². The van der Waals surface area contributed by atoms with Gasteiger partial charge in [-0.05, 0) is 41.2 Å². The summed E-state index contributed by atoms with van der Waals surface area (Å²) in [6.45, 7) is 2.32. The first-order valence-electron chi connectivity index (χ1n) is 10.5. The SMILES string of the molecule is CC[C@H]1CC[C@H](CCc2ccc3c(F)c(-c4ccccc4)ccc3c2)CC1. The normalized spacial score (nSPS) is 20.1. The lowest BCUT2D eigenvalue weighted by molar-refractivity contribution is 0.259. The van der Waals surface area contributed by atoms with Crippen molar-refractivity contribution in [2.24, 2.45) is 11.8 Å². The molecule has 0 heterocycles. The van der Waals surface area contributed by atoms with E-state index in [9.17, 15) is 0 Å². The summed E-state index contributed by atoms with van der Waals surface area (Å²) in [5, 5.41) is 1.74. The van der Waals surface area contributed by atoms with Gasteiger partial charge in [0.05, 0.1) is 0 Å². The Bertz CT molecular complexity index is 889. The summed E-state index contributed by atoms with van der Waals surface area (Å²) in [5.41, 5.74) is 2.96. The average Bonchev–Trinajstić information content (AvgIpc) is 2.73. The summed E-state index contributed by atoms with van der Waals surface area (Å²) in [6, 6.07) is 20.1. The molecule has 1 heteroatoms. The summed E-state index contributed by atoms with van der Waals surface area (Å²) in [4.78, 5) is 0. The molecule has 0 spiro atoms. The highest BCUT2D eigenvalue weighted by molar-refractivity contribution is 5.88. The zero-order valence-electron chi connectivity index (χ0n) is 16.3. The summed E-state index contributed by atoms with van der Waals surface area (Å²) < 4.78 is 15.0. The standard InChI is InChI=1S/C26H29F/c1-2-19-8-10-20(11-9-19)12-13-21-14-16-25-23(18-21)15-17-24(26(25)27)22-6-4-3-5-7-22/h3-7,14-20H,2,8-13H2,1H3/t19-,20-. The van der Waals surface area contributed by atoms with Gasteiger partial charge < -0.3 is 0 Å². The first-order chi connectivity index (χ1) is 13.2. The summed E-state index contributed by atoms with van der Waals surface area (Å²) in [5.74, 6) is 1.73. The Labute approximate surface area is 162 Å². The van der Waals surface area contributed by atoms with Gasteiger partial charge in [-0.3, -0.25) is 0 Å². The maximum absolute atomic E-state index is 15.0. The second kappa shape index (κ2) is 8.25. The number of aryl methyl sites for hydroxylation is 1. The zero-order valence-corrected chi connectivity index (χ0v) is 16.3. The quantitative estimate of drug-likeness (QED) is 0.435. The number of hydrogen-bond donors (Lipinski definition) is 0. The Morgan fingerprint density at radius 2 is 1.59 bits per heavy atom. The molecule has 1 aliphatic rings. The third-order valence-electron chi connectivity index (χ3n) is 6.49. The Morgan fingerprint density at radius 1 is 0.852 bits per heavy atom. The first-order valence-corrected chi connectivity index (χ1v) is 10.5. The van der Waals surface area contributed by atoms with Crippen molar-refractivity contribution in [3.63, 3.8) is 0 Å². The minimum Gasteiger partial charge on any atom is -0.206 e. The number of rotatable bonds is 5. The number of benzene rings is 3. The molecule has 0 bridgehead atoms. The van der Waals surface area contributed by atoms with E-state index >= 15 is 4.39 Å². The van der Waals surface area contributed by atoms with Gasteiger partial charge >= 0.3 is 0 Å². The summed E-state index contributed by atoms with van der Waals surface area (Å²) in [6.07, 6.45) is 9.32. The van der Waals surface area contributed by atoms with Gasteiger partial charge in [0.1, 0.15) is 5.82 Å². The van der Waals surface area contributed by atoms with Crippen LogP contribution >= 0.6 is 0 Å². The molecule has 0 nitrogen and oxygen atoms in total. The van der Waals surface area contributed by atoms with Crippen LogP contribution < -0.4 is 0 Å². The fourth-order valence-electron chi connectivity index (χ4n) is 4.64. The second-order valence-corrected chi connectivity index (χ2v) is 8.18. The highest BCUT2D eigenvalue weighted by Crippen LogP contribution is 2.34. The second-order valence-electron chi connectivity index (χ2n) is 8.18. The van der Waals surface area contributed by atoms with Crippen LogP contribution in [0.1, 0.15) is 51.0 Å². The van der Waals surface area contributed by atoms with Crippen molar-refractivity contribution in [1.82, 2.24) is 0 Å². The van der Waals surface area contributed by atoms with Gasteiger partial charge in [0, 0.05) is 10.9 Å². The first kappa shape index (κ1) is 18.2. The lowest BCUT2D eigenvalue weighted by atomic mass is 9.78. The van der Waals surface area contributed by atoms with E-state index in [1.807, 2.05) is 42.5 Å². The average molecular weight is 361 g/mol. The maximum atomic E-state index is 15.0. The molecule has 0 saturated heterocycles. The van der Waals surface area contributed by atoms with Crippen LogP contribution in [0.3, 0.4) is 0 Å². The van der Waals surface area contributed by atoms with E-state index < -0.39 is 0 Å². The molecular formula is C26H29F. The topological polar surface area (TPSA) is 0 Å². The predicted octanol–water partition coefficient (Wildman–Crippen LogP) is 7.79. The van der Waals surface area contributed by atoms with Crippen molar-refractivity contribution in [2.75, 3.05) is 0 Å². The molecule has 4 rings (SSSR count). The molecule has 0 aromatic heterocycles. The minimum atomic E-state index is -0.108. The molecule has 27 heavy (non-hydrogen) atoms. The largest absolute Gasteiger partial charge is 0.206 e. The van der Waals surface area contributed by atoms with Crippen molar-refractivity contribution < 1.29 is 4.39 Å². The van der Waals surface area contributed by atoms with E-state index in [4.69, 9.17) is 0 Å². The monoisotopic (exact) mass is 360 g/mol. The fraction of sp³-hybridized carbons (Fsp3) is 0.385. The van der Waals surface area contributed by atoms with Crippen molar-refractivity contribution >= 4 is 10.8 Å². The van der Waals surface area contributed by atoms with E-state index in [1.165, 1.54) is 44.1 Å². The summed E-state index contributed by atoms with van der Waals surface area (Å²) in [7, 11) is 0. The van der Waals surface area contributed by atoms with Gasteiger partial charge in [-0.25, -0.2) is 4.39 Å². The van der Waals surface area contributed by atoms with Crippen LogP contribution in [0.2, 0.25) is 0 Å². The number of fused-ring (bicyclic) bond motifs is 1. The van der Waals surface area contributed by atoms with Gasteiger partial charge in [-0.2, -0.15) is 0 Å². The van der Waals surface area contributed by atoms with Crippen LogP contribution in [-0.4, -0.2) is 0 Å². The molecule has 0 aliphatic heterocycles. The number of halogens is 1. The third-order valence-corrected chi connectivity index (χ3v) is 6.49. The molecule has 1 aliphatic carbocycles. The summed E-state index contributed by atoms with van der Waals surface area (Å²) >= 11 is 0. The minimum absolute atomic E-state index is 0.108. The lowest BCUT2D eigenvalue weighted by Crippen LogP contribution is -2.14. The van der Waals surface area contributed by atoms with Crippen LogP contribution in [0.25, 0.3) is 21.9 Å². The lowest BCUT2D eigenvalue weighted by Gasteiger charge is -2.27. The van der Waals surface area contributed by atoms with Crippen LogP contribution in [0, 0.1) is 17.7 Å². The third kappa shape index (κ3) is 4.08. The Kier molecular flexibility index (Phi) is 5.57. The van der Waals surface area contributed by atoms with Gasteiger partial charge in [0.15, 0.2) is 0 Å². The molecule has 140 valence electrons. The Morgan fingerprint density at radius 3 is 2.33 bits per heavy atom. The maximum Gasteiger partial charge on any atom is 0.138 e. The van der Waals surface area contributed by atoms with Crippen molar-refractivity contribution in [3.8, 4) is 11.1 Å². The van der Waals surface area contributed by atoms with Crippen LogP contribution in [0.15, 0.2) is 60.7 Å². The van der Waals surface area contributed by atoms with E-state index in [0.717, 1.165) is 34.6 Å². The molecule has 0 amide bonds. The molecule has 3 aromatic carbocycles. The van der Waals surface area contributed by atoms with E-state index in [1.54, 1.807) is 0 Å². The smallest absolute Gasteiger partial charge is 0.138 e. The van der Waals surface area contributed by atoms with Crippen LogP contribution in [0.4, 0.5) is 4.39 Å². The van der Waals surface area contributed by atoms with E-state index in [2.05, 4.69) is 25.1 Å². The molecule has 1 fully saturated rings. The molecule has 3 aromatic rings. The van der Waals surface area contributed by atoms with Crippen molar-refractivity contribution in [3.05, 3.63) is 72.0 Å². The Balaban J connectivity index is 1.48. The highest BCUT2D eigenvalue weighted by Gasteiger charge is 2.19. The van der Waals surface area contributed by atoms with E-state index in [0.29, 0.717) is 5.56 Å². The van der Waals surface area contributed by atoms with Gasteiger partial charge in [-0.1, -0.05) is 99.7 Å². The van der Waals surface area contributed by atoms with Crippen LogP contribution in [-0.2, 0) is 6.42 Å². The molecule has 0 atom stereocenters. The van der Waals surface area contributed by atoms with Crippen LogP contribution in [0.5, 0.6) is 0 Å². The predicted molar refractivity (Wildman–Crippen MR) is 113 cm³/mol. The highest BCUT2D eigenvalue weighted by atomic mass is 19.1. The molecule has 0 unspecified atom stereocenters. The molecule has 0 radical (unpaired) electrons. The van der Waals surface area contributed by atoms with E-state index in [-0.39, 0.29) is 5.82 Å². The molecule has 1 saturated carbocycles. The van der Waals surface area contributed by atoms with Crippen molar-refractivity contribution in [2.45, 2.75) is 51.9 Å². The van der Waals surface area contributed by atoms with Gasteiger partial charge in [0.25, 0.3) is 0 Å².